The maximum atomic E-state index is 10.9. The quantitative estimate of drug-likeness (QED) is 0.833. The van der Waals surface area contributed by atoms with E-state index in [1.165, 1.54) is 18.2 Å². The van der Waals surface area contributed by atoms with Gasteiger partial charge in [-0.15, -0.1) is 0 Å². The Kier molecular flexibility index (Phi) is 3.39. The third-order valence-electron chi connectivity index (χ3n) is 2.32. The lowest BCUT2D eigenvalue weighted by molar-refractivity contribution is 0.0696. The molecule has 2 rings (SSSR count). The first kappa shape index (κ1) is 12.3. The first-order valence-corrected chi connectivity index (χ1v) is 5.51. The van der Waals surface area contributed by atoms with Crippen molar-refractivity contribution in [3.8, 4) is 11.5 Å². The Labute approximate surface area is 109 Å². The number of hydrogen-bond donors (Lipinski definition) is 2. The van der Waals surface area contributed by atoms with Gasteiger partial charge in [-0.2, -0.15) is 0 Å². The van der Waals surface area contributed by atoms with Crippen LogP contribution in [0.3, 0.4) is 0 Å². The predicted molar refractivity (Wildman–Crippen MR) is 69.3 cm³/mol. The smallest absolute Gasteiger partial charge is 0.335 e. The molecule has 92 valence electrons. The van der Waals surface area contributed by atoms with Gasteiger partial charge in [0.05, 0.1) is 16.3 Å². The summed E-state index contributed by atoms with van der Waals surface area (Å²) in [5.74, 6) is -0.351. The second-order valence-electron chi connectivity index (χ2n) is 3.59. The summed E-state index contributed by atoms with van der Waals surface area (Å²) in [5, 5.41) is 9.33. The topological polar surface area (TPSA) is 72.6 Å². The molecule has 0 fully saturated rings. The van der Waals surface area contributed by atoms with Gasteiger partial charge < -0.3 is 15.6 Å². The summed E-state index contributed by atoms with van der Waals surface area (Å²) in [6.45, 7) is 0. The summed E-state index contributed by atoms with van der Waals surface area (Å²) in [5.41, 5.74) is 6.18. The lowest BCUT2D eigenvalue weighted by Crippen LogP contribution is -1.99. The number of rotatable bonds is 3. The number of benzene rings is 2. The van der Waals surface area contributed by atoms with E-state index in [4.69, 9.17) is 27.2 Å². The Hall–Kier alpha value is -2.20. The van der Waals surface area contributed by atoms with Gasteiger partial charge in [0.2, 0.25) is 0 Å². The molecule has 0 heterocycles. The van der Waals surface area contributed by atoms with Gasteiger partial charge in [-0.05, 0) is 30.3 Å². The number of carboxylic acid groups (broad SMARTS) is 1. The highest BCUT2D eigenvalue weighted by molar-refractivity contribution is 6.32. The first-order valence-electron chi connectivity index (χ1n) is 5.13. The van der Waals surface area contributed by atoms with Crippen molar-refractivity contribution < 1.29 is 14.6 Å². The van der Waals surface area contributed by atoms with Crippen LogP contribution in [-0.2, 0) is 0 Å². The van der Waals surface area contributed by atoms with Gasteiger partial charge in [0.25, 0.3) is 0 Å². The average molecular weight is 264 g/mol. The van der Waals surface area contributed by atoms with Crippen molar-refractivity contribution in [2.24, 2.45) is 0 Å². The highest BCUT2D eigenvalue weighted by atomic mass is 35.5. The van der Waals surface area contributed by atoms with Crippen LogP contribution in [0.2, 0.25) is 5.02 Å². The minimum atomic E-state index is -1.04. The molecule has 5 heteroatoms. The Morgan fingerprint density at radius 2 is 1.89 bits per heavy atom. The molecule has 0 radical (unpaired) electrons. The number of halogens is 1. The monoisotopic (exact) mass is 263 g/mol. The number of hydrogen-bond acceptors (Lipinski definition) is 3. The molecule has 2 aromatic carbocycles. The van der Waals surface area contributed by atoms with Crippen LogP contribution in [0.4, 0.5) is 5.69 Å². The minimum absolute atomic E-state index is 0.103. The third kappa shape index (κ3) is 2.55. The predicted octanol–water partition coefficient (Wildman–Crippen LogP) is 3.41. The molecule has 2 aromatic rings. The molecule has 0 aliphatic heterocycles. The molecule has 0 aliphatic carbocycles. The van der Waals surface area contributed by atoms with Crippen LogP contribution in [0, 0.1) is 0 Å². The Bertz CT molecular complexity index is 599. The fourth-order valence-corrected chi connectivity index (χ4v) is 1.58. The zero-order valence-electron chi connectivity index (χ0n) is 9.26. The van der Waals surface area contributed by atoms with Gasteiger partial charge in [0.1, 0.15) is 5.75 Å². The van der Waals surface area contributed by atoms with Crippen LogP contribution in [0.15, 0.2) is 42.5 Å². The van der Waals surface area contributed by atoms with Crippen molar-refractivity contribution in [3.05, 3.63) is 53.1 Å². The zero-order valence-corrected chi connectivity index (χ0v) is 10.0. The molecular formula is C13H10ClNO3. The second-order valence-corrected chi connectivity index (χ2v) is 4.00. The Morgan fingerprint density at radius 3 is 2.56 bits per heavy atom. The molecule has 0 bridgehead atoms. The highest BCUT2D eigenvalue weighted by Gasteiger charge is 2.09. The highest BCUT2D eigenvalue weighted by Crippen LogP contribution is 2.32. The molecule has 0 spiro atoms. The number of nitrogens with two attached hydrogens (primary N) is 1. The number of aromatic carboxylic acids is 1. The molecule has 3 N–H and O–H groups in total. The molecule has 18 heavy (non-hydrogen) atoms. The largest absolute Gasteiger partial charge is 0.478 e. The molecule has 0 amide bonds. The van der Waals surface area contributed by atoms with E-state index >= 15 is 0 Å². The summed E-state index contributed by atoms with van der Waals surface area (Å²) in [6, 6.07) is 11.1. The third-order valence-corrected chi connectivity index (χ3v) is 2.63. The Balaban J connectivity index is 2.37. The van der Waals surface area contributed by atoms with Gasteiger partial charge in [-0.1, -0.05) is 23.7 Å². The van der Waals surface area contributed by atoms with Crippen molar-refractivity contribution >= 4 is 23.3 Å². The minimum Gasteiger partial charge on any atom is -0.478 e. The van der Waals surface area contributed by atoms with E-state index in [0.717, 1.165) is 0 Å². The Morgan fingerprint density at radius 1 is 1.17 bits per heavy atom. The van der Waals surface area contributed by atoms with E-state index in [-0.39, 0.29) is 11.3 Å². The number of ether oxygens (including phenoxy) is 1. The summed E-state index contributed by atoms with van der Waals surface area (Å²) in [6.07, 6.45) is 0. The average Bonchev–Trinajstić information content (AvgIpc) is 2.34. The fourth-order valence-electron chi connectivity index (χ4n) is 1.40. The van der Waals surface area contributed by atoms with E-state index in [0.29, 0.717) is 16.5 Å². The van der Waals surface area contributed by atoms with Crippen LogP contribution in [0.1, 0.15) is 10.4 Å². The summed E-state index contributed by atoms with van der Waals surface area (Å²) in [4.78, 5) is 10.9. The maximum Gasteiger partial charge on any atom is 0.335 e. The van der Waals surface area contributed by atoms with Gasteiger partial charge in [0.15, 0.2) is 5.75 Å². The van der Waals surface area contributed by atoms with Gasteiger partial charge in [-0.3, -0.25) is 0 Å². The van der Waals surface area contributed by atoms with Crippen LogP contribution in [0.5, 0.6) is 11.5 Å². The summed E-state index contributed by atoms with van der Waals surface area (Å²) >= 11 is 5.95. The molecule has 0 unspecified atom stereocenters. The molecular weight excluding hydrogens is 254 g/mol. The number of anilines is 1. The molecule has 0 saturated carbocycles. The van der Waals surface area contributed by atoms with Gasteiger partial charge in [-0.25, -0.2) is 4.79 Å². The van der Waals surface area contributed by atoms with Crippen LogP contribution in [-0.4, -0.2) is 11.1 Å². The molecule has 0 aromatic heterocycles. The number of para-hydroxylation sites is 1. The van der Waals surface area contributed by atoms with E-state index in [9.17, 15) is 4.79 Å². The van der Waals surface area contributed by atoms with Crippen molar-refractivity contribution in [3.63, 3.8) is 0 Å². The second kappa shape index (κ2) is 4.98. The van der Waals surface area contributed by atoms with Crippen LogP contribution >= 0.6 is 11.6 Å². The lowest BCUT2D eigenvalue weighted by Gasteiger charge is -2.10. The van der Waals surface area contributed by atoms with Crippen molar-refractivity contribution in [2.45, 2.75) is 0 Å². The SMILES string of the molecule is Nc1ccc(C(=O)O)cc1Oc1ccccc1Cl. The zero-order chi connectivity index (χ0) is 13.1. The van der Waals surface area contributed by atoms with E-state index in [2.05, 4.69) is 0 Å². The maximum absolute atomic E-state index is 10.9. The van der Waals surface area contributed by atoms with E-state index in [1.807, 2.05) is 0 Å². The number of carboxylic acids is 1. The number of carbonyl (C=O) groups is 1. The van der Waals surface area contributed by atoms with Crippen molar-refractivity contribution in [2.75, 3.05) is 5.73 Å². The molecule has 0 saturated heterocycles. The van der Waals surface area contributed by atoms with Crippen molar-refractivity contribution in [1.29, 1.82) is 0 Å². The van der Waals surface area contributed by atoms with Crippen LogP contribution in [0.25, 0.3) is 0 Å². The fraction of sp³-hybridized carbons (Fsp3) is 0. The van der Waals surface area contributed by atoms with Gasteiger partial charge in [0, 0.05) is 0 Å². The van der Waals surface area contributed by atoms with Gasteiger partial charge >= 0.3 is 5.97 Å². The van der Waals surface area contributed by atoms with E-state index in [1.54, 1.807) is 24.3 Å². The summed E-state index contributed by atoms with van der Waals surface area (Å²) < 4.78 is 5.51. The number of nitrogen functional groups attached to an aromatic ring is 1. The lowest BCUT2D eigenvalue weighted by atomic mass is 10.2. The first-order chi connectivity index (χ1) is 8.58. The summed E-state index contributed by atoms with van der Waals surface area (Å²) in [7, 11) is 0. The standard InChI is InChI=1S/C13H10ClNO3/c14-9-3-1-2-4-11(9)18-12-7-8(13(16)17)5-6-10(12)15/h1-7H,15H2,(H,16,17). The van der Waals surface area contributed by atoms with Crippen LogP contribution < -0.4 is 10.5 Å². The van der Waals surface area contributed by atoms with Crippen molar-refractivity contribution in [1.82, 2.24) is 0 Å². The molecule has 0 atom stereocenters. The molecule has 0 aliphatic rings. The van der Waals surface area contributed by atoms with E-state index < -0.39 is 5.97 Å². The normalized spacial score (nSPS) is 10.1. The molecule has 4 nitrogen and oxygen atoms in total.